The van der Waals surface area contributed by atoms with Gasteiger partial charge in [0.05, 0.1) is 28.2 Å². The van der Waals surface area contributed by atoms with Crippen LogP contribution in [0.15, 0.2) is 35.2 Å². The molecule has 1 fully saturated rings. The lowest BCUT2D eigenvalue weighted by atomic mass is 10.2. The largest absolute Gasteiger partial charge is 0.395 e. The van der Waals surface area contributed by atoms with E-state index in [4.69, 9.17) is 10.4 Å². The van der Waals surface area contributed by atoms with Crippen molar-refractivity contribution in [3.63, 3.8) is 0 Å². The van der Waals surface area contributed by atoms with Crippen LogP contribution in [0, 0.1) is 16.7 Å². The van der Waals surface area contributed by atoms with E-state index in [-0.39, 0.29) is 11.3 Å². The van der Waals surface area contributed by atoms with E-state index < -0.39 is 27.1 Å². The summed E-state index contributed by atoms with van der Waals surface area (Å²) in [6, 6.07) is 9.93. The summed E-state index contributed by atoms with van der Waals surface area (Å²) in [5, 5.41) is 17.1. The smallest absolute Gasteiger partial charge is 0.182 e. The molecule has 0 heterocycles. The standard InChI is InChI=1S/C11H11NO3S/c12-7-11(8-13)6-10(11)16(14,15)9-4-2-1-3-5-9/h1-5,10,13H,6,8H2/t10-,11-/m1/s1. The zero-order valence-corrected chi connectivity index (χ0v) is 9.31. The molecular formula is C11H11NO3S. The van der Waals surface area contributed by atoms with Crippen molar-refractivity contribution in [2.45, 2.75) is 16.6 Å². The van der Waals surface area contributed by atoms with Crippen molar-refractivity contribution >= 4 is 9.84 Å². The lowest BCUT2D eigenvalue weighted by Crippen LogP contribution is -2.18. The van der Waals surface area contributed by atoms with Crippen molar-refractivity contribution in [1.29, 1.82) is 5.26 Å². The molecule has 1 aliphatic carbocycles. The average molecular weight is 237 g/mol. The van der Waals surface area contributed by atoms with Gasteiger partial charge in [-0.3, -0.25) is 0 Å². The lowest BCUT2D eigenvalue weighted by molar-refractivity contribution is 0.246. The van der Waals surface area contributed by atoms with E-state index in [1.165, 1.54) is 12.1 Å². The third-order valence-corrected chi connectivity index (χ3v) is 5.25. The van der Waals surface area contributed by atoms with E-state index in [0.29, 0.717) is 0 Å². The van der Waals surface area contributed by atoms with Crippen LogP contribution in [0.5, 0.6) is 0 Å². The SMILES string of the molecule is N#C[C@@]1(CO)C[C@H]1S(=O)(=O)c1ccccc1. The van der Waals surface area contributed by atoms with Gasteiger partial charge in [-0.2, -0.15) is 5.26 Å². The summed E-state index contributed by atoms with van der Waals surface area (Å²) in [6.07, 6.45) is 0.219. The Kier molecular flexibility index (Phi) is 2.49. The fourth-order valence-corrected chi connectivity index (χ4v) is 3.88. The molecular weight excluding hydrogens is 226 g/mol. The Bertz CT molecular complexity index is 532. The minimum absolute atomic E-state index is 0.213. The maximum absolute atomic E-state index is 12.1. The predicted molar refractivity (Wildman–Crippen MR) is 57.2 cm³/mol. The second-order valence-electron chi connectivity index (χ2n) is 3.98. The van der Waals surface area contributed by atoms with Gasteiger partial charge in [0.15, 0.2) is 9.84 Å². The summed E-state index contributed by atoms with van der Waals surface area (Å²) in [4.78, 5) is 0.213. The highest BCUT2D eigenvalue weighted by Crippen LogP contribution is 2.51. The van der Waals surface area contributed by atoms with Crippen LogP contribution in [-0.4, -0.2) is 25.4 Å². The molecule has 5 heteroatoms. The average Bonchev–Trinajstić information content (AvgIpc) is 3.06. The zero-order chi connectivity index (χ0) is 11.8. The summed E-state index contributed by atoms with van der Waals surface area (Å²) in [5.41, 5.74) is -1.09. The second-order valence-corrected chi connectivity index (χ2v) is 6.11. The minimum Gasteiger partial charge on any atom is -0.395 e. The monoisotopic (exact) mass is 237 g/mol. The number of hydrogen-bond acceptors (Lipinski definition) is 4. The van der Waals surface area contributed by atoms with E-state index in [1.54, 1.807) is 18.2 Å². The number of rotatable bonds is 3. The summed E-state index contributed by atoms with van der Waals surface area (Å²) >= 11 is 0. The lowest BCUT2D eigenvalue weighted by Gasteiger charge is -2.05. The van der Waals surface area contributed by atoms with E-state index in [0.717, 1.165) is 0 Å². The van der Waals surface area contributed by atoms with Gasteiger partial charge in [0, 0.05) is 0 Å². The van der Waals surface area contributed by atoms with Gasteiger partial charge in [-0.1, -0.05) is 18.2 Å². The Morgan fingerprint density at radius 2 is 2.06 bits per heavy atom. The maximum atomic E-state index is 12.1. The molecule has 2 rings (SSSR count). The van der Waals surface area contributed by atoms with E-state index in [1.807, 2.05) is 6.07 Å². The zero-order valence-electron chi connectivity index (χ0n) is 8.50. The minimum atomic E-state index is -3.48. The van der Waals surface area contributed by atoms with Gasteiger partial charge >= 0.3 is 0 Å². The van der Waals surface area contributed by atoms with Crippen LogP contribution < -0.4 is 0 Å². The molecule has 1 saturated carbocycles. The highest BCUT2D eigenvalue weighted by atomic mass is 32.2. The summed E-state index contributed by atoms with van der Waals surface area (Å²) in [5.74, 6) is 0. The van der Waals surface area contributed by atoms with Crippen LogP contribution in [0.4, 0.5) is 0 Å². The number of aliphatic hydroxyl groups excluding tert-OH is 1. The van der Waals surface area contributed by atoms with Crippen LogP contribution in [-0.2, 0) is 9.84 Å². The van der Waals surface area contributed by atoms with Crippen LogP contribution >= 0.6 is 0 Å². The molecule has 1 aliphatic rings. The van der Waals surface area contributed by atoms with Crippen molar-refractivity contribution in [3.8, 4) is 6.07 Å². The highest BCUT2D eigenvalue weighted by molar-refractivity contribution is 7.92. The Morgan fingerprint density at radius 3 is 2.50 bits per heavy atom. The normalized spacial score (nSPS) is 28.4. The number of aliphatic hydroxyl groups is 1. The van der Waals surface area contributed by atoms with E-state index in [2.05, 4.69) is 0 Å². The number of nitrogens with zero attached hydrogens (tertiary/aromatic N) is 1. The number of benzene rings is 1. The first-order valence-electron chi connectivity index (χ1n) is 4.88. The third kappa shape index (κ3) is 1.51. The topological polar surface area (TPSA) is 78.2 Å². The van der Waals surface area contributed by atoms with E-state index in [9.17, 15) is 8.42 Å². The van der Waals surface area contributed by atoms with Gasteiger partial charge in [0.1, 0.15) is 0 Å². The Morgan fingerprint density at radius 1 is 1.44 bits per heavy atom. The number of hydrogen-bond donors (Lipinski definition) is 1. The first-order chi connectivity index (χ1) is 7.57. The van der Waals surface area contributed by atoms with Crippen LogP contribution in [0.1, 0.15) is 6.42 Å². The summed E-state index contributed by atoms with van der Waals surface area (Å²) in [6.45, 7) is -0.403. The van der Waals surface area contributed by atoms with Crippen molar-refractivity contribution < 1.29 is 13.5 Å². The molecule has 84 valence electrons. The number of nitriles is 1. The molecule has 16 heavy (non-hydrogen) atoms. The van der Waals surface area contributed by atoms with Crippen LogP contribution in [0.2, 0.25) is 0 Å². The molecule has 0 spiro atoms. The van der Waals surface area contributed by atoms with Gasteiger partial charge in [-0.05, 0) is 18.6 Å². The molecule has 0 unspecified atom stereocenters. The van der Waals surface area contributed by atoms with Crippen LogP contribution in [0.3, 0.4) is 0 Å². The molecule has 0 saturated heterocycles. The quantitative estimate of drug-likeness (QED) is 0.840. The molecule has 1 aromatic rings. The molecule has 0 amide bonds. The van der Waals surface area contributed by atoms with E-state index >= 15 is 0 Å². The summed E-state index contributed by atoms with van der Waals surface area (Å²) in [7, 11) is -3.48. The molecule has 2 atom stereocenters. The molecule has 1 aromatic carbocycles. The van der Waals surface area contributed by atoms with Gasteiger partial charge in [-0.25, -0.2) is 8.42 Å². The summed E-state index contributed by atoms with van der Waals surface area (Å²) < 4.78 is 24.1. The molecule has 4 nitrogen and oxygen atoms in total. The molecule has 0 bridgehead atoms. The predicted octanol–water partition coefficient (Wildman–Crippen LogP) is 0.735. The molecule has 0 radical (unpaired) electrons. The second kappa shape index (κ2) is 3.58. The fourth-order valence-electron chi connectivity index (χ4n) is 1.77. The van der Waals surface area contributed by atoms with Crippen LogP contribution in [0.25, 0.3) is 0 Å². The molecule has 1 N–H and O–H groups in total. The molecule has 0 aromatic heterocycles. The van der Waals surface area contributed by atoms with Crippen molar-refractivity contribution in [3.05, 3.63) is 30.3 Å². The first kappa shape index (κ1) is 11.1. The van der Waals surface area contributed by atoms with Gasteiger partial charge < -0.3 is 5.11 Å². The number of sulfone groups is 1. The third-order valence-electron chi connectivity index (χ3n) is 2.96. The van der Waals surface area contributed by atoms with Crippen molar-refractivity contribution in [2.75, 3.05) is 6.61 Å². The Hall–Kier alpha value is -1.38. The fraction of sp³-hybridized carbons (Fsp3) is 0.364. The van der Waals surface area contributed by atoms with Gasteiger partial charge in [0.25, 0.3) is 0 Å². The van der Waals surface area contributed by atoms with Crippen molar-refractivity contribution in [2.24, 2.45) is 5.41 Å². The maximum Gasteiger partial charge on any atom is 0.182 e. The van der Waals surface area contributed by atoms with Gasteiger partial charge in [0.2, 0.25) is 0 Å². The first-order valence-corrected chi connectivity index (χ1v) is 6.42. The van der Waals surface area contributed by atoms with Gasteiger partial charge in [-0.15, -0.1) is 0 Å². The Balaban J connectivity index is 2.35. The highest BCUT2D eigenvalue weighted by Gasteiger charge is 2.62. The molecule has 0 aliphatic heterocycles. The van der Waals surface area contributed by atoms with Crippen molar-refractivity contribution in [1.82, 2.24) is 0 Å². The Labute approximate surface area is 94.1 Å².